The van der Waals surface area contributed by atoms with Crippen LogP contribution >= 0.6 is 0 Å². The summed E-state index contributed by atoms with van der Waals surface area (Å²) in [4.78, 5) is 0. The maximum absolute atomic E-state index is 2.66. The summed E-state index contributed by atoms with van der Waals surface area (Å²) in [5.74, 6) is 3.75. The van der Waals surface area contributed by atoms with E-state index < -0.39 is 16.1 Å². The molecule has 0 N–H and O–H groups in total. The van der Waals surface area contributed by atoms with Gasteiger partial charge in [0.25, 0.3) is 0 Å². The summed E-state index contributed by atoms with van der Waals surface area (Å²) in [6, 6.07) is 0. The first-order valence-electron chi connectivity index (χ1n) is 8.90. The van der Waals surface area contributed by atoms with Crippen LogP contribution in [0.15, 0.2) is 46.8 Å². The average Bonchev–Trinajstić information content (AvgIpc) is 2.70. The molecule has 3 aliphatic carbocycles. The average molecular weight is 329 g/mol. The molecule has 0 heterocycles. The van der Waals surface area contributed by atoms with E-state index >= 15 is 0 Å². The van der Waals surface area contributed by atoms with Crippen molar-refractivity contribution in [3.63, 3.8) is 0 Å². The number of allylic oxidation sites excluding steroid dienone is 8. The smallest absolute Gasteiger partial charge is 0.0771 e. The zero-order valence-electron chi connectivity index (χ0n) is 15.4. The van der Waals surface area contributed by atoms with Gasteiger partial charge in [-0.3, -0.25) is 0 Å². The molecule has 0 spiro atoms. The Hall–Kier alpha value is -0.606. The summed E-state index contributed by atoms with van der Waals surface area (Å²) in [7, 11) is -2.38. The predicted molar refractivity (Wildman–Crippen MR) is 104 cm³/mol. The van der Waals surface area contributed by atoms with Crippen molar-refractivity contribution < 1.29 is 0 Å². The van der Waals surface area contributed by atoms with Crippen molar-refractivity contribution in [1.82, 2.24) is 0 Å². The lowest BCUT2D eigenvalue weighted by Crippen LogP contribution is -2.27. The van der Waals surface area contributed by atoms with Crippen molar-refractivity contribution in [2.75, 3.05) is 0 Å². The van der Waals surface area contributed by atoms with Crippen LogP contribution in [-0.4, -0.2) is 16.1 Å². The molecule has 4 atom stereocenters. The fraction of sp³-hybridized carbons (Fsp3) is 0.600. The summed E-state index contributed by atoms with van der Waals surface area (Å²) in [6.45, 7) is 17.3. The van der Waals surface area contributed by atoms with Crippen LogP contribution in [0.1, 0.15) is 6.92 Å². The molecule has 0 nitrogen and oxygen atoms in total. The second-order valence-corrected chi connectivity index (χ2v) is 19.8. The fourth-order valence-corrected chi connectivity index (χ4v) is 7.04. The van der Waals surface area contributed by atoms with Gasteiger partial charge in [-0.05, 0) is 29.6 Å². The maximum atomic E-state index is 2.66. The molecule has 4 unspecified atom stereocenters. The fourth-order valence-electron chi connectivity index (χ4n) is 4.47. The summed E-state index contributed by atoms with van der Waals surface area (Å²) >= 11 is 0. The molecule has 0 aromatic carbocycles. The Kier molecular flexibility index (Phi) is 3.85. The van der Waals surface area contributed by atoms with Gasteiger partial charge in [-0.1, -0.05) is 93.1 Å². The molecule has 3 aliphatic rings. The Balaban J connectivity index is 1.93. The SMILES string of the molecule is CC1C2C=C([Si](C)(C)C)C=CC2C2C=CC([Si](C)(C)C)=CC12. The minimum absolute atomic E-state index is 0.732. The highest BCUT2D eigenvalue weighted by Crippen LogP contribution is 2.53. The molecule has 0 amide bonds. The third kappa shape index (κ3) is 2.69. The van der Waals surface area contributed by atoms with Crippen LogP contribution in [0.2, 0.25) is 39.3 Å². The van der Waals surface area contributed by atoms with E-state index in [9.17, 15) is 0 Å². The normalized spacial score (nSPS) is 37.5. The van der Waals surface area contributed by atoms with Gasteiger partial charge >= 0.3 is 0 Å². The van der Waals surface area contributed by atoms with E-state index in [4.69, 9.17) is 0 Å². The molecule has 0 saturated heterocycles. The molecule has 22 heavy (non-hydrogen) atoms. The van der Waals surface area contributed by atoms with Gasteiger partial charge in [0, 0.05) is 0 Å². The Morgan fingerprint density at radius 1 is 0.636 bits per heavy atom. The first-order chi connectivity index (χ1) is 10.1. The van der Waals surface area contributed by atoms with Crippen LogP contribution in [0.4, 0.5) is 0 Å². The zero-order chi connectivity index (χ0) is 16.3. The van der Waals surface area contributed by atoms with Crippen molar-refractivity contribution >= 4 is 16.1 Å². The second-order valence-electron chi connectivity index (χ2n) is 9.63. The van der Waals surface area contributed by atoms with Gasteiger partial charge in [-0.15, -0.1) is 0 Å². The van der Waals surface area contributed by atoms with Gasteiger partial charge in [0.1, 0.15) is 0 Å². The van der Waals surface area contributed by atoms with Crippen LogP contribution in [0.3, 0.4) is 0 Å². The number of fused-ring (bicyclic) bond motifs is 3. The molecule has 0 aromatic heterocycles. The molecular formula is C20H32Si2. The summed E-state index contributed by atoms with van der Waals surface area (Å²) in [5, 5.41) is 3.33. The monoisotopic (exact) mass is 328 g/mol. The molecule has 2 heteroatoms. The van der Waals surface area contributed by atoms with Crippen LogP contribution in [0.25, 0.3) is 0 Å². The van der Waals surface area contributed by atoms with E-state index in [-0.39, 0.29) is 0 Å². The highest BCUT2D eigenvalue weighted by atomic mass is 28.3. The topological polar surface area (TPSA) is 0 Å². The largest absolute Gasteiger partial charge is 0.0813 e. The third-order valence-electron chi connectivity index (χ3n) is 6.02. The van der Waals surface area contributed by atoms with Crippen molar-refractivity contribution in [2.45, 2.75) is 46.2 Å². The van der Waals surface area contributed by atoms with E-state index in [2.05, 4.69) is 82.7 Å². The van der Waals surface area contributed by atoms with Gasteiger partial charge in [0.05, 0.1) is 16.1 Å². The molecular weight excluding hydrogens is 296 g/mol. The minimum Gasteiger partial charge on any atom is -0.0813 e. The lowest BCUT2D eigenvalue weighted by molar-refractivity contribution is 0.414. The molecule has 0 aliphatic heterocycles. The maximum Gasteiger partial charge on any atom is 0.0771 e. The van der Waals surface area contributed by atoms with Crippen molar-refractivity contribution in [3.05, 3.63) is 46.8 Å². The standard InChI is InChI=1S/C20H32Si2/c1-14-19-12-15(21(2,3)4)8-10-17(19)18-11-9-16(13-20(14)18)22(5,6)7/h8-14,17-20H,1-7H3. The van der Waals surface area contributed by atoms with Gasteiger partial charge in [-0.2, -0.15) is 0 Å². The molecule has 120 valence electrons. The van der Waals surface area contributed by atoms with E-state index in [0.717, 1.165) is 29.6 Å². The number of hydrogen-bond donors (Lipinski definition) is 0. The summed E-state index contributed by atoms with van der Waals surface area (Å²) in [6.07, 6.45) is 15.4. The molecule has 1 fully saturated rings. The second kappa shape index (κ2) is 5.20. The predicted octanol–water partition coefficient (Wildman–Crippen LogP) is 5.85. The van der Waals surface area contributed by atoms with Gasteiger partial charge in [0.15, 0.2) is 0 Å². The van der Waals surface area contributed by atoms with Crippen LogP contribution in [0.5, 0.6) is 0 Å². The zero-order valence-corrected chi connectivity index (χ0v) is 17.4. The summed E-state index contributed by atoms with van der Waals surface area (Å²) < 4.78 is 0. The molecule has 1 saturated carbocycles. The lowest BCUT2D eigenvalue weighted by atomic mass is 9.83. The highest BCUT2D eigenvalue weighted by molar-refractivity contribution is 6.84. The van der Waals surface area contributed by atoms with Gasteiger partial charge in [0.2, 0.25) is 0 Å². The van der Waals surface area contributed by atoms with E-state index in [1.165, 1.54) is 0 Å². The van der Waals surface area contributed by atoms with Crippen LogP contribution < -0.4 is 0 Å². The van der Waals surface area contributed by atoms with Crippen molar-refractivity contribution in [1.29, 1.82) is 0 Å². The molecule has 0 bridgehead atoms. The Bertz CT molecular complexity index is 526. The first kappa shape index (κ1) is 16.3. The first-order valence-corrected chi connectivity index (χ1v) is 15.9. The minimum atomic E-state index is -1.19. The van der Waals surface area contributed by atoms with Crippen molar-refractivity contribution in [3.8, 4) is 0 Å². The third-order valence-corrected chi connectivity index (χ3v) is 10.2. The number of rotatable bonds is 2. The molecule has 0 radical (unpaired) electrons. The van der Waals surface area contributed by atoms with Crippen molar-refractivity contribution in [2.24, 2.45) is 29.6 Å². The number of hydrogen-bond acceptors (Lipinski definition) is 0. The van der Waals surface area contributed by atoms with E-state index in [0.29, 0.717) is 0 Å². The van der Waals surface area contributed by atoms with Crippen LogP contribution in [0, 0.1) is 29.6 Å². The highest BCUT2D eigenvalue weighted by Gasteiger charge is 2.47. The van der Waals surface area contributed by atoms with E-state index in [1.807, 2.05) is 0 Å². The molecule has 3 rings (SSSR count). The van der Waals surface area contributed by atoms with Gasteiger partial charge < -0.3 is 0 Å². The summed E-state index contributed by atoms with van der Waals surface area (Å²) in [5.41, 5.74) is 0. The quantitative estimate of drug-likeness (QED) is 0.558. The van der Waals surface area contributed by atoms with Gasteiger partial charge in [-0.25, -0.2) is 0 Å². The Morgan fingerprint density at radius 2 is 1.00 bits per heavy atom. The lowest BCUT2D eigenvalue weighted by Gasteiger charge is -2.29. The van der Waals surface area contributed by atoms with Crippen LogP contribution in [-0.2, 0) is 0 Å². The molecule has 0 aromatic rings. The Morgan fingerprint density at radius 3 is 1.32 bits per heavy atom. The Labute approximate surface area is 139 Å². The van der Waals surface area contributed by atoms with E-state index in [1.54, 1.807) is 10.4 Å².